The molecule has 6 nitrogen and oxygen atoms in total. The van der Waals surface area contributed by atoms with E-state index in [0.29, 0.717) is 16.5 Å². The molecule has 3 aromatic rings. The van der Waals surface area contributed by atoms with E-state index in [4.69, 9.17) is 4.42 Å². The Kier molecular flexibility index (Phi) is 3.37. The predicted molar refractivity (Wildman–Crippen MR) is 85.7 cm³/mol. The van der Waals surface area contributed by atoms with Crippen molar-refractivity contribution in [2.45, 2.75) is 13.8 Å². The summed E-state index contributed by atoms with van der Waals surface area (Å²) >= 11 is 0. The summed E-state index contributed by atoms with van der Waals surface area (Å²) in [7, 11) is 0. The molecule has 0 amide bonds. The van der Waals surface area contributed by atoms with Gasteiger partial charge in [0.1, 0.15) is 17.1 Å². The molecule has 0 atom stereocenters. The monoisotopic (exact) mass is 311 g/mol. The van der Waals surface area contributed by atoms with E-state index in [1.807, 2.05) is 0 Å². The summed E-state index contributed by atoms with van der Waals surface area (Å²) in [5.74, 6) is 0.100. The Bertz CT molecular complexity index is 1000. The zero-order valence-electron chi connectivity index (χ0n) is 12.5. The van der Waals surface area contributed by atoms with Crippen LogP contribution in [-0.2, 0) is 0 Å². The Labute approximate surface area is 130 Å². The van der Waals surface area contributed by atoms with Crippen molar-refractivity contribution in [3.05, 3.63) is 67.9 Å². The van der Waals surface area contributed by atoms with E-state index in [0.717, 1.165) is 0 Å². The molecule has 116 valence electrons. The highest BCUT2D eigenvalue weighted by Crippen LogP contribution is 2.34. The van der Waals surface area contributed by atoms with Gasteiger partial charge in [-0.1, -0.05) is 12.1 Å². The number of nitrogens with zero attached hydrogens (tertiary/aromatic N) is 1. The molecule has 0 aliphatic carbocycles. The Morgan fingerprint density at radius 3 is 2.61 bits per heavy atom. The van der Waals surface area contributed by atoms with Crippen LogP contribution >= 0.6 is 0 Å². The quantitative estimate of drug-likeness (QED) is 0.575. The van der Waals surface area contributed by atoms with Crippen molar-refractivity contribution in [2.24, 2.45) is 0 Å². The summed E-state index contributed by atoms with van der Waals surface area (Å²) in [5, 5.41) is 21.4. The smallest absolute Gasteiger partial charge is 0.283 e. The molecule has 0 radical (unpaired) electrons. The summed E-state index contributed by atoms with van der Waals surface area (Å²) in [6.07, 6.45) is 0. The van der Waals surface area contributed by atoms with Gasteiger partial charge in [0.15, 0.2) is 5.43 Å². The number of phenolic OH excluding ortho intramolecular Hbond substituents is 1. The predicted octanol–water partition coefficient (Wildman–Crippen LogP) is 3.69. The van der Waals surface area contributed by atoms with Crippen molar-refractivity contribution in [1.29, 1.82) is 0 Å². The van der Waals surface area contributed by atoms with Crippen LogP contribution in [0, 0.1) is 24.0 Å². The zero-order chi connectivity index (χ0) is 16.7. The van der Waals surface area contributed by atoms with Crippen LogP contribution in [0.1, 0.15) is 11.1 Å². The highest BCUT2D eigenvalue weighted by atomic mass is 16.6. The number of hydrogen-bond donors (Lipinski definition) is 1. The lowest BCUT2D eigenvalue weighted by Gasteiger charge is -2.08. The van der Waals surface area contributed by atoms with Gasteiger partial charge in [-0.3, -0.25) is 14.9 Å². The Hall–Kier alpha value is -3.15. The third-order valence-corrected chi connectivity index (χ3v) is 3.80. The van der Waals surface area contributed by atoms with Crippen molar-refractivity contribution >= 4 is 16.7 Å². The summed E-state index contributed by atoms with van der Waals surface area (Å²) in [6.45, 7) is 3.24. The third-order valence-electron chi connectivity index (χ3n) is 3.80. The van der Waals surface area contributed by atoms with Crippen molar-refractivity contribution < 1.29 is 14.4 Å². The number of para-hydroxylation sites is 1. The normalized spacial score (nSPS) is 10.9. The first-order valence-corrected chi connectivity index (χ1v) is 6.91. The average Bonchev–Trinajstić information content (AvgIpc) is 2.50. The van der Waals surface area contributed by atoms with Crippen LogP contribution in [0.4, 0.5) is 5.69 Å². The van der Waals surface area contributed by atoms with Crippen LogP contribution in [0.3, 0.4) is 0 Å². The lowest BCUT2D eigenvalue weighted by molar-refractivity contribution is -0.384. The van der Waals surface area contributed by atoms with Gasteiger partial charge >= 0.3 is 0 Å². The fourth-order valence-electron chi connectivity index (χ4n) is 2.58. The van der Waals surface area contributed by atoms with Gasteiger partial charge in [-0.05, 0) is 32.0 Å². The van der Waals surface area contributed by atoms with Gasteiger partial charge in [-0.15, -0.1) is 0 Å². The second kappa shape index (κ2) is 5.24. The first-order chi connectivity index (χ1) is 10.9. The number of nitro groups is 1. The number of aryl methyl sites for hydroxylation is 2. The van der Waals surface area contributed by atoms with E-state index >= 15 is 0 Å². The second-order valence-corrected chi connectivity index (χ2v) is 5.29. The lowest BCUT2D eigenvalue weighted by Crippen LogP contribution is -2.03. The molecule has 0 saturated heterocycles. The lowest BCUT2D eigenvalue weighted by atomic mass is 10.0. The highest BCUT2D eigenvalue weighted by Gasteiger charge is 2.21. The Balaban J connectivity index is 2.39. The first kappa shape index (κ1) is 14.8. The Morgan fingerprint density at radius 1 is 1.17 bits per heavy atom. The van der Waals surface area contributed by atoms with E-state index in [2.05, 4.69) is 0 Å². The van der Waals surface area contributed by atoms with Gasteiger partial charge in [0.05, 0.1) is 15.9 Å². The van der Waals surface area contributed by atoms with Crippen molar-refractivity contribution in [3.63, 3.8) is 0 Å². The van der Waals surface area contributed by atoms with E-state index in [1.165, 1.54) is 24.3 Å². The fraction of sp³-hybridized carbons (Fsp3) is 0.118. The zero-order valence-corrected chi connectivity index (χ0v) is 12.5. The van der Waals surface area contributed by atoms with E-state index in [-0.39, 0.29) is 33.8 Å². The second-order valence-electron chi connectivity index (χ2n) is 5.29. The number of nitro benzene ring substituents is 1. The molecule has 1 N–H and O–H groups in total. The summed E-state index contributed by atoms with van der Waals surface area (Å²) in [6, 6.07) is 8.95. The fourth-order valence-corrected chi connectivity index (χ4v) is 2.58. The molecule has 1 heterocycles. The van der Waals surface area contributed by atoms with Crippen molar-refractivity contribution in [2.75, 3.05) is 0 Å². The van der Waals surface area contributed by atoms with Crippen LogP contribution in [0.5, 0.6) is 5.75 Å². The Morgan fingerprint density at radius 2 is 1.91 bits per heavy atom. The van der Waals surface area contributed by atoms with E-state index < -0.39 is 4.92 Å². The minimum Gasteiger partial charge on any atom is -0.508 e. The van der Waals surface area contributed by atoms with E-state index in [1.54, 1.807) is 26.0 Å². The van der Waals surface area contributed by atoms with E-state index in [9.17, 15) is 20.0 Å². The number of benzene rings is 2. The molecule has 0 aliphatic rings. The van der Waals surface area contributed by atoms with Gasteiger partial charge in [-0.25, -0.2) is 0 Å². The standard InChI is InChI=1S/C17H13NO5/c1-9-4-3-5-12(16(9)18(21)22)15-8-14(20)11-6-7-13(19)10(2)17(11)23-15/h3-8,19H,1-2H3. The van der Waals surface area contributed by atoms with Crippen LogP contribution in [0.15, 0.2) is 45.6 Å². The molecule has 1 aromatic heterocycles. The third kappa shape index (κ3) is 2.34. The van der Waals surface area contributed by atoms with Crippen LogP contribution in [-0.4, -0.2) is 10.0 Å². The molecule has 0 fully saturated rings. The number of aromatic hydroxyl groups is 1. The number of hydrogen-bond acceptors (Lipinski definition) is 5. The molecule has 23 heavy (non-hydrogen) atoms. The van der Waals surface area contributed by atoms with Crippen molar-refractivity contribution in [1.82, 2.24) is 0 Å². The largest absolute Gasteiger partial charge is 0.508 e. The maximum Gasteiger partial charge on any atom is 0.283 e. The topological polar surface area (TPSA) is 93.6 Å². The molecule has 0 bridgehead atoms. The minimum atomic E-state index is -0.496. The number of phenols is 1. The van der Waals surface area contributed by atoms with Gasteiger partial charge in [-0.2, -0.15) is 0 Å². The maximum absolute atomic E-state index is 12.3. The van der Waals surface area contributed by atoms with Crippen LogP contribution in [0.2, 0.25) is 0 Å². The summed E-state index contributed by atoms with van der Waals surface area (Å²) < 4.78 is 5.72. The van der Waals surface area contributed by atoms with Crippen LogP contribution < -0.4 is 5.43 Å². The summed E-state index contributed by atoms with van der Waals surface area (Å²) in [4.78, 5) is 23.1. The molecule has 2 aromatic carbocycles. The molecule has 0 aliphatic heterocycles. The molecular weight excluding hydrogens is 298 g/mol. The SMILES string of the molecule is Cc1cccc(-c2cc(=O)c3ccc(O)c(C)c3o2)c1[N+](=O)[O-]. The minimum absolute atomic E-state index is 0.00320. The van der Waals surface area contributed by atoms with Gasteiger partial charge in [0.25, 0.3) is 5.69 Å². The molecule has 3 rings (SSSR count). The molecule has 0 unspecified atom stereocenters. The average molecular weight is 311 g/mol. The van der Waals surface area contributed by atoms with Crippen molar-refractivity contribution in [3.8, 4) is 17.1 Å². The molecule has 6 heteroatoms. The number of rotatable bonds is 2. The molecule has 0 spiro atoms. The highest BCUT2D eigenvalue weighted by molar-refractivity contribution is 5.84. The van der Waals surface area contributed by atoms with Crippen LogP contribution in [0.25, 0.3) is 22.3 Å². The van der Waals surface area contributed by atoms with Gasteiger partial charge in [0, 0.05) is 17.2 Å². The molecular formula is C17H13NO5. The molecule has 0 saturated carbocycles. The number of fused-ring (bicyclic) bond motifs is 1. The first-order valence-electron chi connectivity index (χ1n) is 6.91. The summed E-state index contributed by atoms with van der Waals surface area (Å²) in [5.41, 5.74) is 0.924. The van der Waals surface area contributed by atoms with Gasteiger partial charge in [0.2, 0.25) is 0 Å². The van der Waals surface area contributed by atoms with Gasteiger partial charge < -0.3 is 9.52 Å². The maximum atomic E-state index is 12.3.